The fraction of sp³-hybridized carbons (Fsp3) is 0.160. The summed E-state index contributed by atoms with van der Waals surface area (Å²) in [5, 5.41) is 9.29. The summed E-state index contributed by atoms with van der Waals surface area (Å²) in [4.78, 5) is 15.0. The normalized spacial score (nSPS) is 11.6. The maximum atomic E-state index is 12.6. The minimum absolute atomic E-state index is 0.0332. The van der Waals surface area contributed by atoms with Crippen molar-refractivity contribution >= 4 is 17.2 Å². The second kappa shape index (κ2) is 10.2. The van der Waals surface area contributed by atoms with Crippen molar-refractivity contribution in [3.8, 4) is 34.0 Å². The molecule has 5 rings (SSSR count). The fourth-order valence-electron chi connectivity index (χ4n) is 4.05. The molecule has 38 heavy (non-hydrogen) atoms. The second-order valence-corrected chi connectivity index (χ2v) is 8.56. The zero-order chi connectivity index (χ0) is 27.0. The summed E-state index contributed by atoms with van der Waals surface area (Å²) in [5.41, 5.74) is 3.15. The molecule has 0 bridgehead atoms. The van der Waals surface area contributed by atoms with Crippen LogP contribution in [0.15, 0.2) is 65.5 Å². The van der Waals surface area contributed by atoms with Crippen molar-refractivity contribution < 1.29 is 27.0 Å². The van der Waals surface area contributed by atoms with Gasteiger partial charge >= 0.3 is 13.2 Å². The smallest absolute Gasteiger partial charge is 0.387 e. The maximum absolute atomic E-state index is 12.6. The number of fused-ring (bicyclic) bond motifs is 1. The Balaban J connectivity index is 1.62. The number of aromatic amines is 1. The highest BCUT2D eigenvalue weighted by Gasteiger charge is 2.21. The Labute approximate surface area is 217 Å². The van der Waals surface area contributed by atoms with E-state index in [-0.39, 0.29) is 28.6 Å². The van der Waals surface area contributed by atoms with Crippen molar-refractivity contribution in [2.45, 2.75) is 26.7 Å². The average Bonchev–Trinajstić information content (AvgIpc) is 3.38. The predicted octanol–water partition coefficient (Wildman–Crippen LogP) is 5.77. The third-order valence-corrected chi connectivity index (χ3v) is 5.92. The first-order valence-corrected chi connectivity index (χ1v) is 11.5. The fourth-order valence-corrected chi connectivity index (χ4v) is 4.41. The number of benzene rings is 2. The molecule has 0 amide bonds. The number of aromatic nitrogens is 5. The molecule has 1 N–H and O–H groups in total. The van der Waals surface area contributed by atoms with Gasteiger partial charge < -0.3 is 14.5 Å². The van der Waals surface area contributed by atoms with Gasteiger partial charge in [0.1, 0.15) is 22.8 Å². The Hall–Kier alpha value is -4.32. The van der Waals surface area contributed by atoms with Gasteiger partial charge in [-0.2, -0.15) is 27.8 Å². The highest BCUT2D eigenvalue weighted by Crippen LogP contribution is 2.38. The highest BCUT2D eigenvalue weighted by atomic mass is 35.5. The van der Waals surface area contributed by atoms with Gasteiger partial charge in [-0.1, -0.05) is 11.6 Å². The number of hydrogen-bond acceptors (Lipinski definition) is 5. The quantitative estimate of drug-likeness (QED) is 0.249. The molecular formula is C25H18ClF4N5O3. The van der Waals surface area contributed by atoms with E-state index in [4.69, 9.17) is 11.6 Å². The molecule has 0 radical (unpaired) electrons. The zero-order valence-corrected chi connectivity index (χ0v) is 20.3. The predicted molar refractivity (Wildman–Crippen MR) is 131 cm³/mol. The first kappa shape index (κ1) is 25.3. The van der Waals surface area contributed by atoms with Crippen molar-refractivity contribution in [1.82, 2.24) is 24.4 Å². The van der Waals surface area contributed by atoms with Crippen molar-refractivity contribution in [3.05, 3.63) is 87.4 Å². The van der Waals surface area contributed by atoms with Gasteiger partial charge in [-0.15, -0.1) is 0 Å². The van der Waals surface area contributed by atoms with Crippen LogP contribution in [-0.2, 0) is 6.54 Å². The molecule has 0 aliphatic rings. The van der Waals surface area contributed by atoms with E-state index in [0.29, 0.717) is 39.5 Å². The van der Waals surface area contributed by atoms with E-state index in [9.17, 15) is 22.4 Å². The first-order chi connectivity index (χ1) is 18.2. The molecule has 8 nitrogen and oxygen atoms in total. The Morgan fingerprint density at radius 3 is 2.05 bits per heavy atom. The molecule has 2 aromatic carbocycles. The summed E-state index contributed by atoms with van der Waals surface area (Å²) in [6.07, 6.45) is 0. The highest BCUT2D eigenvalue weighted by molar-refractivity contribution is 6.35. The minimum atomic E-state index is -2.98. The van der Waals surface area contributed by atoms with Gasteiger partial charge in [-0.3, -0.25) is 9.48 Å². The Morgan fingerprint density at radius 2 is 1.47 bits per heavy atom. The number of nitrogens with one attached hydrogen (secondary N) is 1. The zero-order valence-electron chi connectivity index (χ0n) is 19.5. The number of alkyl halides is 4. The molecule has 3 aromatic heterocycles. The van der Waals surface area contributed by atoms with E-state index < -0.39 is 13.2 Å². The van der Waals surface area contributed by atoms with Crippen LogP contribution < -0.4 is 15.0 Å². The molecule has 0 aliphatic heterocycles. The first-order valence-electron chi connectivity index (χ1n) is 11.1. The monoisotopic (exact) mass is 547 g/mol. The molecule has 0 aliphatic carbocycles. The Kier molecular flexibility index (Phi) is 6.81. The van der Waals surface area contributed by atoms with E-state index in [1.807, 2.05) is 0 Å². The lowest BCUT2D eigenvalue weighted by Gasteiger charge is -2.10. The molecule has 196 valence electrons. The molecule has 0 spiro atoms. The summed E-state index contributed by atoms with van der Waals surface area (Å²) >= 11 is 6.79. The largest absolute Gasteiger partial charge is 0.435 e. The molecule has 0 saturated carbocycles. The van der Waals surface area contributed by atoms with Gasteiger partial charge in [0, 0.05) is 23.3 Å². The van der Waals surface area contributed by atoms with E-state index in [0.717, 1.165) is 0 Å². The molecule has 0 unspecified atom stereocenters. The van der Waals surface area contributed by atoms with Crippen molar-refractivity contribution in [1.29, 1.82) is 0 Å². The minimum Gasteiger partial charge on any atom is -0.435 e. The van der Waals surface area contributed by atoms with Gasteiger partial charge in [0.2, 0.25) is 0 Å². The topological polar surface area (TPSA) is 86.4 Å². The SMILES string of the molecule is Cc1cc2[nH]c(=O)cc(Cn3nc(-c4ccc(OC(F)F)cc4)c(Cl)c3-c3ccc(OC(F)F)cc3)n2n1. The number of aryl methyl sites for hydroxylation is 1. The van der Waals surface area contributed by atoms with Crippen LogP contribution in [0.4, 0.5) is 17.6 Å². The summed E-state index contributed by atoms with van der Waals surface area (Å²) < 4.78 is 62.3. The summed E-state index contributed by atoms with van der Waals surface area (Å²) in [6.45, 7) is -4.09. The van der Waals surface area contributed by atoms with E-state index in [1.54, 1.807) is 34.3 Å². The third-order valence-electron chi connectivity index (χ3n) is 5.56. The van der Waals surface area contributed by atoms with Crippen LogP contribution in [0, 0.1) is 6.92 Å². The van der Waals surface area contributed by atoms with Gasteiger partial charge in [-0.25, -0.2) is 4.52 Å². The van der Waals surface area contributed by atoms with Crippen molar-refractivity contribution in [3.63, 3.8) is 0 Å². The second-order valence-electron chi connectivity index (χ2n) is 8.18. The van der Waals surface area contributed by atoms with Crippen LogP contribution in [-0.4, -0.2) is 37.6 Å². The van der Waals surface area contributed by atoms with Gasteiger partial charge in [0.15, 0.2) is 0 Å². The molecule has 0 atom stereocenters. The molecular weight excluding hydrogens is 530 g/mol. The van der Waals surface area contributed by atoms with Gasteiger partial charge in [-0.05, 0) is 55.5 Å². The lowest BCUT2D eigenvalue weighted by atomic mass is 10.1. The molecule has 0 saturated heterocycles. The lowest BCUT2D eigenvalue weighted by Crippen LogP contribution is -2.15. The van der Waals surface area contributed by atoms with Crippen LogP contribution in [0.1, 0.15) is 11.4 Å². The van der Waals surface area contributed by atoms with Gasteiger partial charge in [0.25, 0.3) is 5.56 Å². The number of halogens is 5. The lowest BCUT2D eigenvalue weighted by molar-refractivity contribution is -0.0505. The summed E-state index contributed by atoms with van der Waals surface area (Å²) in [6, 6.07) is 14.7. The average molecular weight is 548 g/mol. The number of hydrogen-bond donors (Lipinski definition) is 1. The van der Waals surface area contributed by atoms with Crippen LogP contribution in [0.3, 0.4) is 0 Å². The van der Waals surface area contributed by atoms with E-state index in [1.165, 1.54) is 42.5 Å². The number of H-pyrrole nitrogens is 1. The molecule has 5 aromatic rings. The Bertz CT molecular complexity index is 1650. The number of nitrogens with zero attached hydrogens (tertiary/aromatic N) is 4. The van der Waals surface area contributed by atoms with Crippen LogP contribution in [0.2, 0.25) is 5.02 Å². The maximum Gasteiger partial charge on any atom is 0.387 e. The van der Waals surface area contributed by atoms with E-state index >= 15 is 0 Å². The molecule has 13 heteroatoms. The summed E-state index contributed by atoms with van der Waals surface area (Å²) in [7, 11) is 0. The number of rotatable bonds is 8. The third kappa shape index (κ3) is 5.21. The Morgan fingerprint density at radius 1 is 0.895 bits per heavy atom. The van der Waals surface area contributed by atoms with Gasteiger partial charge in [0.05, 0.1) is 28.6 Å². The number of ether oxygens (including phenoxy) is 2. The molecule has 0 fully saturated rings. The van der Waals surface area contributed by atoms with Crippen molar-refractivity contribution in [2.24, 2.45) is 0 Å². The summed E-state index contributed by atoms with van der Waals surface area (Å²) in [5.74, 6) is -0.0711. The van der Waals surface area contributed by atoms with Crippen LogP contribution >= 0.6 is 11.6 Å². The molecule has 3 heterocycles. The van der Waals surface area contributed by atoms with Crippen molar-refractivity contribution in [2.75, 3.05) is 0 Å². The van der Waals surface area contributed by atoms with Crippen LogP contribution in [0.25, 0.3) is 28.2 Å². The van der Waals surface area contributed by atoms with E-state index in [2.05, 4.69) is 24.7 Å². The van der Waals surface area contributed by atoms with Crippen LogP contribution in [0.5, 0.6) is 11.5 Å². The standard InChI is InChI=1S/C25H18ClF4N5O3/c1-13-10-19-31-20(36)11-16(35(19)32-13)12-34-23(15-4-8-18(9-5-15)38-25(29)30)21(26)22(33-34)14-2-6-17(7-3-14)37-24(27)28/h2-11,24-25H,12H2,1H3,(H,31,36).